The number of carbonyl (C=O) groups is 1. The van der Waals surface area contributed by atoms with E-state index in [2.05, 4.69) is 6.92 Å². The lowest BCUT2D eigenvalue weighted by atomic mass is 9.79. The van der Waals surface area contributed by atoms with Crippen molar-refractivity contribution in [2.45, 2.75) is 109 Å². The Hall–Kier alpha value is -1.37. The molecule has 28 heavy (non-hydrogen) atoms. The number of unbranched alkanes of at least 4 members (excludes halogenated alkanes) is 3. The van der Waals surface area contributed by atoms with E-state index in [0.717, 1.165) is 50.9 Å². The zero-order valence-electron chi connectivity index (χ0n) is 17.6. The van der Waals surface area contributed by atoms with Gasteiger partial charge in [0, 0.05) is 0 Å². The minimum atomic E-state index is -0.682. The second kappa shape index (κ2) is 13.0. The number of ether oxygens (including phenoxy) is 1. The summed E-state index contributed by atoms with van der Waals surface area (Å²) in [5.74, 6) is 0.839. The highest BCUT2D eigenvalue weighted by Crippen LogP contribution is 2.35. The first-order valence-electron chi connectivity index (χ1n) is 11.6. The molecular weight excluding hydrogens is 353 g/mol. The fraction of sp³-hybridized carbons (Fsp3) is 0.833. The summed E-state index contributed by atoms with van der Waals surface area (Å²) < 4.78 is 18.7. The minimum absolute atomic E-state index is 0.0342. The topological polar surface area (TPSA) is 50.1 Å². The third-order valence-electron chi connectivity index (χ3n) is 6.73. The summed E-state index contributed by atoms with van der Waals surface area (Å²) in [5.41, 5.74) is 0. The van der Waals surface area contributed by atoms with E-state index in [0.29, 0.717) is 12.3 Å². The van der Waals surface area contributed by atoms with E-state index in [4.69, 9.17) is 10.00 Å². The summed E-state index contributed by atoms with van der Waals surface area (Å²) in [4.78, 5) is 12.5. The van der Waals surface area contributed by atoms with Crippen molar-refractivity contribution in [3.63, 3.8) is 0 Å². The van der Waals surface area contributed by atoms with Crippen LogP contribution in [-0.4, -0.2) is 12.1 Å². The van der Waals surface area contributed by atoms with E-state index >= 15 is 0 Å². The Bertz CT molecular complexity index is 523. The van der Waals surface area contributed by atoms with Crippen LogP contribution in [0.2, 0.25) is 0 Å². The predicted molar refractivity (Wildman–Crippen MR) is 110 cm³/mol. The molecule has 0 aromatic carbocycles. The number of hydrogen-bond donors (Lipinski definition) is 0. The highest BCUT2D eigenvalue weighted by Gasteiger charge is 2.30. The van der Waals surface area contributed by atoms with Crippen molar-refractivity contribution < 1.29 is 13.9 Å². The highest BCUT2D eigenvalue weighted by atomic mass is 19.1. The molecule has 2 fully saturated rings. The Balaban J connectivity index is 1.58. The van der Waals surface area contributed by atoms with Gasteiger partial charge in [0.15, 0.2) is 5.83 Å². The first-order valence-corrected chi connectivity index (χ1v) is 11.6. The number of nitrogens with zero attached hydrogens (tertiary/aromatic N) is 1. The van der Waals surface area contributed by atoms with Gasteiger partial charge in [-0.1, -0.05) is 39.0 Å². The standard InChI is InChI=1S/C24H38FNO2/c1-2-3-4-5-7-19-10-14-21(15-11-19)24(27)28-23-16-12-20(13-17-23)8-6-9-22(25)18-26/h9,19-21,23H,2-8,10-17H2,1H3. The molecule has 0 radical (unpaired) electrons. The number of esters is 1. The number of nitriles is 1. The van der Waals surface area contributed by atoms with Crippen LogP contribution in [0.3, 0.4) is 0 Å². The minimum Gasteiger partial charge on any atom is -0.462 e. The molecule has 4 heteroatoms. The molecule has 2 rings (SSSR count). The molecule has 0 unspecified atom stereocenters. The molecule has 2 saturated carbocycles. The molecule has 0 N–H and O–H groups in total. The van der Waals surface area contributed by atoms with Gasteiger partial charge in [0.25, 0.3) is 0 Å². The van der Waals surface area contributed by atoms with Crippen molar-refractivity contribution in [1.29, 1.82) is 5.26 Å². The maximum absolute atomic E-state index is 12.8. The summed E-state index contributed by atoms with van der Waals surface area (Å²) >= 11 is 0. The van der Waals surface area contributed by atoms with E-state index in [-0.39, 0.29) is 18.0 Å². The second-order valence-corrected chi connectivity index (χ2v) is 8.89. The molecule has 0 spiro atoms. The van der Waals surface area contributed by atoms with Gasteiger partial charge in [-0.05, 0) is 82.1 Å². The number of halogens is 1. The smallest absolute Gasteiger partial charge is 0.309 e. The first kappa shape index (κ1) is 22.9. The lowest BCUT2D eigenvalue weighted by Crippen LogP contribution is -2.30. The Labute approximate surface area is 170 Å². The average Bonchev–Trinajstić information content (AvgIpc) is 2.72. The van der Waals surface area contributed by atoms with Crippen molar-refractivity contribution >= 4 is 5.97 Å². The largest absolute Gasteiger partial charge is 0.462 e. The summed E-state index contributed by atoms with van der Waals surface area (Å²) in [6, 6.07) is 1.52. The third kappa shape index (κ3) is 8.33. The molecule has 0 aromatic rings. The van der Waals surface area contributed by atoms with Crippen LogP contribution in [0, 0.1) is 29.1 Å². The van der Waals surface area contributed by atoms with E-state index in [1.165, 1.54) is 57.1 Å². The van der Waals surface area contributed by atoms with Gasteiger partial charge in [-0.2, -0.15) is 9.65 Å². The highest BCUT2D eigenvalue weighted by molar-refractivity contribution is 5.72. The number of carbonyl (C=O) groups excluding carboxylic acids is 1. The van der Waals surface area contributed by atoms with Gasteiger partial charge in [-0.3, -0.25) is 4.79 Å². The molecule has 0 heterocycles. The van der Waals surface area contributed by atoms with Crippen LogP contribution in [0.5, 0.6) is 0 Å². The molecule has 0 saturated heterocycles. The Kier molecular flexibility index (Phi) is 10.6. The van der Waals surface area contributed by atoms with Crippen molar-refractivity contribution in [2.24, 2.45) is 17.8 Å². The Morgan fingerprint density at radius 3 is 2.29 bits per heavy atom. The average molecular weight is 392 g/mol. The molecule has 0 amide bonds. The number of hydrogen-bond acceptors (Lipinski definition) is 3. The zero-order chi connectivity index (χ0) is 20.2. The van der Waals surface area contributed by atoms with Crippen LogP contribution in [0.15, 0.2) is 11.9 Å². The molecule has 2 aliphatic carbocycles. The summed E-state index contributed by atoms with van der Waals surface area (Å²) in [5, 5.41) is 8.43. The van der Waals surface area contributed by atoms with E-state index < -0.39 is 5.83 Å². The van der Waals surface area contributed by atoms with Gasteiger partial charge < -0.3 is 4.74 Å². The normalized spacial score (nSPS) is 28.5. The lowest BCUT2D eigenvalue weighted by molar-refractivity contribution is -0.157. The van der Waals surface area contributed by atoms with Crippen LogP contribution in [0.25, 0.3) is 0 Å². The van der Waals surface area contributed by atoms with Crippen LogP contribution < -0.4 is 0 Å². The van der Waals surface area contributed by atoms with Gasteiger partial charge in [0.2, 0.25) is 0 Å². The molecule has 158 valence electrons. The van der Waals surface area contributed by atoms with Crippen molar-refractivity contribution in [3.05, 3.63) is 11.9 Å². The maximum Gasteiger partial charge on any atom is 0.309 e. The van der Waals surface area contributed by atoms with Gasteiger partial charge >= 0.3 is 5.97 Å². The molecule has 0 atom stereocenters. The van der Waals surface area contributed by atoms with Gasteiger partial charge in [-0.15, -0.1) is 0 Å². The number of rotatable bonds is 10. The van der Waals surface area contributed by atoms with Crippen molar-refractivity contribution in [1.82, 2.24) is 0 Å². The quantitative estimate of drug-likeness (QED) is 0.228. The van der Waals surface area contributed by atoms with Crippen molar-refractivity contribution in [3.8, 4) is 6.07 Å². The molecule has 0 bridgehead atoms. The predicted octanol–water partition coefficient (Wildman–Crippen LogP) is 7.02. The molecule has 0 aromatic heterocycles. The van der Waals surface area contributed by atoms with Crippen LogP contribution in [-0.2, 0) is 9.53 Å². The Morgan fingerprint density at radius 2 is 1.64 bits per heavy atom. The summed E-state index contributed by atoms with van der Waals surface area (Å²) in [6.45, 7) is 2.25. The summed E-state index contributed by atoms with van der Waals surface area (Å²) in [6.07, 6.45) is 17.9. The van der Waals surface area contributed by atoms with Gasteiger partial charge in [-0.25, -0.2) is 0 Å². The monoisotopic (exact) mass is 391 g/mol. The molecule has 0 aliphatic heterocycles. The number of allylic oxidation sites excluding steroid dienone is 2. The SMILES string of the molecule is CCCCCCC1CCC(C(=O)OC2CCC(CCC=C(F)C#N)CC2)CC1. The van der Waals surface area contributed by atoms with Gasteiger partial charge in [0.1, 0.15) is 12.2 Å². The van der Waals surface area contributed by atoms with E-state index in [9.17, 15) is 9.18 Å². The fourth-order valence-electron chi connectivity index (χ4n) is 4.84. The fourth-order valence-corrected chi connectivity index (χ4v) is 4.84. The van der Waals surface area contributed by atoms with E-state index in [1.807, 2.05) is 0 Å². The third-order valence-corrected chi connectivity index (χ3v) is 6.73. The van der Waals surface area contributed by atoms with Crippen LogP contribution >= 0.6 is 0 Å². The van der Waals surface area contributed by atoms with Crippen LogP contribution in [0.4, 0.5) is 4.39 Å². The Morgan fingerprint density at radius 1 is 1.00 bits per heavy atom. The molecule has 2 aliphatic rings. The molecular formula is C24H38FNO2. The molecule has 3 nitrogen and oxygen atoms in total. The van der Waals surface area contributed by atoms with Crippen LogP contribution in [0.1, 0.15) is 103 Å². The summed E-state index contributed by atoms with van der Waals surface area (Å²) in [7, 11) is 0. The van der Waals surface area contributed by atoms with Gasteiger partial charge in [0.05, 0.1) is 5.92 Å². The maximum atomic E-state index is 12.8. The van der Waals surface area contributed by atoms with E-state index in [1.54, 1.807) is 0 Å². The van der Waals surface area contributed by atoms with Crippen molar-refractivity contribution in [2.75, 3.05) is 0 Å². The second-order valence-electron chi connectivity index (χ2n) is 8.89. The zero-order valence-corrected chi connectivity index (χ0v) is 17.6. The first-order chi connectivity index (χ1) is 13.6. The lowest BCUT2D eigenvalue weighted by Gasteiger charge is -2.31.